The summed E-state index contributed by atoms with van der Waals surface area (Å²) in [6, 6.07) is 15.0. The van der Waals surface area contributed by atoms with Gasteiger partial charge in [-0.25, -0.2) is 0 Å². The molecule has 0 bridgehead atoms. The van der Waals surface area contributed by atoms with Gasteiger partial charge >= 0.3 is 0 Å². The molecule has 0 aliphatic heterocycles. The van der Waals surface area contributed by atoms with E-state index in [0.717, 1.165) is 11.4 Å². The van der Waals surface area contributed by atoms with Gasteiger partial charge in [-0.05, 0) is 47.9 Å². The lowest BCUT2D eigenvalue weighted by molar-refractivity contribution is 0.102. The maximum absolute atomic E-state index is 12.6. The van der Waals surface area contributed by atoms with Gasteiger partial charge in [0.05, 0.1) is 29.6 Å². The van der Waals surface area contributed by atoms with Gasteiger partial charge in [0, 0.05) is 17.6 Å². The van der Waals surface area contributed by atoms with Crippen molar-refractivity contribution in [3.8, 4) is 5.75 Å². The number of nitrogens with zero attached hydrogens (tertiary/aromatic N) is 1. The second-order valence-corrected chi connectivity index (χ2v) is 7.07. The number of ether oxygens (including phenoxy) is 1. The molecule has 6 heteroatoms. The number of anilines is 3. The van der Waals surface area contributed by atoms with E-state index in [4.69, 9.17) is 16.3 Å². The van der Waals surface area contributed by atoms with E-state index in [1.807, 2.05) is 30.3 Å². The first-order chi connectivity index (χ1) is 13.5. The molecule has 1 amide bonds. The van der Waals surface area contributed by atoms with Crippen molar-refractivity contribution in [1.82, 2.24) is 4.98 Å². The first-order valence-corrected chi connectivity index (χ1v) is 9.31. The second-order valence-electron chi connectivity index (χ2n) is 6.67. The number of nitrogens with one attached hydrogen (secondary N) is 2. The monoisotopic (exact) mass is 395 g/mol. The molecule has 2 N–H and O–H groups in total. The number of carbonyl (C=O) groups excluding carboxylic acids is 1. The van der Waals surface area contributed by atoms with Crippen LogP contribution in [-0.2, 0) is 0 Å². The molecule has 0 unspecified atom stereocenters. The van der Waals surface area contributed by atoms with E-state index in [1.54, 1.807) is 31.5 Å². The van der Waals surface area contributed by atoms with Crippen LogP contribution in [0.5, 0.6) is 5.75 Å². The van der Waals surface area contributed by atoms with Gasteiger partial charge in [-0.3, -0.25) is 9.78 Å². The van der Waals surface area contributed by atoms with Crippen molar-refractivity contribution < 1.29 is 9.53 Å². The van der Waals surface area contributed by atoms with Gasteiger partial charge in [-0.1, -0.05) is 37.6 Å². The number of aromatic nitrogens is 1. The highest BCUT2D eigenvalue weighted by atomic mass is 35.5. The van der Waals surface area contributed by atoms with Gasteiger partial charge in [-0.2, -0.15) is 0 Å². The van der Waals surface area contributed by atoms with E-state index in [1.165, 1.54) is 11.8 Å². The van der Waals surface area contributed by atoms with E-state index >= 15 is 0 Å². The zero-order valence-corrected chi connectivity index (χ0v) is 16.7. The molecule has 28 heavy (non-hydrogen) atoms. The standard InChI is InChI=1S/C22H22ClN3O2/c1-14(2)15-4-6-17(7-5-15)26-22(27)16-10-19(13-24-12-16)25-18-8-9-21(28-3)20(23)11-18/h4-14,25H,1-3H3,(H,26,27). The van der Waals surface area contributed by atoms with Crippen LogP contribution in [0.15, 0.2) is 60.9 Å². The zero-order valence-electron chi connectivity index (χ0n) is 16.0. The van der Waals surface area contributed by atoms with Crippen LogP contribution in [0.2, 0.25) is 5.02 Å². The number of pyridine rings is 1. The lowest BCUT2D eigenvalue weighted by Gasteiger charge is -2.11. The van der Waals surface area contributed by atoms with Crippen LogP contribution < -0.4 is 15.4 Å². The molecule has 144 valence electrons. The molecule has 0 aliphatic carbocycles. The Labute approximate surface area is 169 Å². The number of benzene rings is 2. The van der Waals surface area contributed by atoms with Gasteiger partial charge in [-0.15, -0.1) is 0 Å². The van der Waals surface area contributed by atoms with E-state index in [2.05, 4.69) is 29.5 Å². The topological polar surface area (TPSA) is 63.2 Å². The van der Waals surface area contributed by atoms with Gasteiger partial charge < -0.3 is 15.4 Å². The Morgan fingerprint density at radius 2 is 1.71 bits per heavy atom. The molecule has 0 atom stereocenters. The summed E-state index contributed by atoms with van der Waals surface area (Å²) in [6.07, 6.45) is 3.18. The fourth-order valence-electron chi connectivity index (χ4n) is 2.70. The highest BCUT2D eigenvalue weighted by Crippen LogP contribution is 2.29. The second kappa shape index (κ2) is 8.76. The van der Waals surface area contributed by atoms with Crippen LogP contribution in [0.1, 0.15) is 35.7 Å². The Balaban J connectivity index is 1.71. The summed E-state index contributed by atoms with van der Waals surface area (Å²) in [6.45, 7) is 4.27. The summed E-state index contributed by atoms with van der Waals surface area (Å²) >= 11 is 6.15. The number of hydrogen-bond donors (Lipinski definition) is 2. The third-order valence-electron chi connectivity index (χ3n) is 4.28. The van der Waals surface area contributed by atoms with Crippen LogP contribution in [-0.4, -0.2) is 18.0 Å². The highest BCUT2D eigenvalue weighted by molar-refractivity contribution is 6.32. The molecular weight excluding hydrogens is 374 g/mol. The van der Waals surface area contributed by atoms with Gasteiger partial charge in [0.2, 0.25) is 0 Å². The van der Waals surface area contributed by atoms with E-state index in [-0.39, 0.29) is 5.91 Å². The molecule has 0 radical (unpaired) electrons. The quantitative estimate of drug-likeness (QED) is 0.548. The summed E-state index contributed by atoms with van der Waals surface area (Å²) in [5.74, 6) is 0.825. The number of halogens is 1. The highest BCUT2D eigenvalue weighted by Gasteiger charge is 2.09. The van der Waals surface area contributed by atoms with Crippen molar-refractivity contribution in [2.24, 2.45) is 0 Å². The van der Waals surface area contributed by atoms with Crippen molar-refractivity contribution in [3.63, 3.8) is 0 Å². The molecule has 3 rings (SSSR count). The summed E-state index contributed by atoms with van der Waals surface area (Å²) in [5, 5.41) is 6.59. The SMILES string of the molecule is COc1ccc(Nc2cncc(C(=O)Nc3ccc(C(C)C)cc3)c2)cc1Cl. The number of methoxy groups -OCH3 is 1. The number of amides is 1. The fourth-order valence-corrected chi connectivity index (χ4v) is 2.96. The zero-order chi connectivity index (χ0) is 20.1. The maximum atomic E-state index is 12.6. The Kier molecular flexibility index (Phi) is 6.16. The summed E-state index contributed by atoms with van der Waals surface area (Å²) < 4.78 is 5.15. The van der Waals surface area contributed by atoms with Crippen LogP contribution in [0, 0.1) is 0 Å². The third kappa shape index (κ3) is 4.81. The Hall–Kier alpha value is -3.05. The van der Waals surface area contributed by atoms with Crippen LogP contribution in [0.4, 0.5) is 17.1 Å². The molecule has 0 aliphatic rings. The molecular formula is C22H22ClN3O2. The first kappa shape index (κ1) is 19.7. The summed E-state index contributed by atoms with van der Waals surface area (Å²) in [7, 11) is 1.57. The molecule has 0 spiro atoms. The summed E-state index contributed by atoms with van der Waals surface area (Å²) in [4.78, 5) is 16.7. The summed E-state index contributed by atoms with van der Waals surface area (Å²) in [5.41, 5.74) is 3.88. The largest absolute Gasteiger partial charge is 0.495 e. The molecule has 5 nitrogen and oxygen atoms in total. The smallest absolute Gasteiger partial charge is 0.257 e. The minimum absolute atomic E-state index is 0.221. The molecule has 3 aromatic rings. The Bertz CT molecular complexity index is 972. The molecule has 1 aromatic heterocycles. The first-order valence-electron chi connectivity index (χ1n) is 8.93. The van der Waals surface area contributed by atoms with Crippen LogP contribution >= 0.6 is 11.6 Å². The third-order valence-corrected chi connectivity index (χ3v) is 4.57. The van der Waals surface area contributed by atoms with E-state index in [0.29, 0.717) is 27.9 Å². The van der Waals surface area contributed by atoms with Crippen molar-refractivity contribution in [3.05, 3.63) is 77.1 Å². The van der Waals surface area contributed by atoms with E-state index in [9.17, 15) is 4.79 Å². The Morgan fingerprint density at radius 1 is 1.00 bits per heavy atom. The average molecular weight is 396 g/mol. The minimum atomic E-state index is -0.221. The van der Waals surface area contributed by atoms with Gasteiger partial charge in [0.25, 0.3) is 5.91 Å². The number of rotatable bonds is 6. The predicted octanol–water partition coefficient (Wildman–Crippen LogP) is 5.86. The normalized spacial score (nSPS) is 10.6. The van der Waals surface area contributed by atoms with Crippen LogP contribution in [0.3, 0.4) is 0 Å². The number of carbonyl (C=O) groups is 1. The maximum Gasteiger partial charge on any atom is 0.257 e. The predicted molar refractivity (Wildman–Crippen MR) is 114 cm³/mol. The average Bonchev–Trinajstić information content (AvgIpc) is 2.69. The van der Waals surface area contributed by atoms with Gasteiger partial charge in [0.1, 0.15) is 5.75 Å². The molecule has 1 heterocycles. The van der Waals surface area contributed by atoms with Crippen molar-refractivity contribution in [2.45, 2.75) is 19.8 Å². The molecule has 0 fully saturated rings. The molecule has 0 saturated heterocycles. The van der Waals surface area contributed by atoms with Crippen molar-refractivity contribution in [1.29, 1.82) is 0 Å². The van der Waals surface area contributed by atoms with Crippen LogP contribution in [0.25, 0.3) is 0 Å². The molecule has 2 aromatic carbocycles. The van der Waals surface area contributed by atoms with Crippen molar-refractivity contribution >= 4 is 34.6 Å². The van der Waals surface area contributed by atoms with E-state index < -0.39 is 0 Å². The fraction of sp³-hybridized carbons (Fsp3) is 0.182. The lowest BCUT2D eigenvalue weighted by atomic mass is 10.0. The minimum Gasteiger partial charge on any atom is -0.495 e. The molecule has 0 saturated carbocycles. The van der Waals surface area contributed by atoms with Gasteiger partial charge in [0.15, 0.2) is 0 Å². The Morgan fingerprint density at radius 3 is 2.36 bits per heavy atom. The van der Waals surface area contributed by atoms with Crippen molar-refractivity contribution in [2.75, 3.05) is 17.7 Å². The number of hydrogen-bond acceptors (Lipinski definition) is 4. The lowest BCUT2D eigenvalue weighted by Crippen LogP contribution is -2.12.